The summed E-state index contributed by atoms with van der Waals surface area (Å²) in [4.78, 5) is 30.6. The fourth-order valence-corrected chi connectivity index (χ4v) is 6.51. The number of nitrogens with one attached hydrogen (secondary N) is 1. The van der Waals surface area contributed by atoms with Gasteiger partial charge in [-0.05, 0) is 44.8 Å². The number of benzene rings is 1. The number of nitrogens with zero attached hydrogens (tertiary/aromatic N) is 6. The van der Waals surface area contributed by atoms with Crippen LogP contribution in [-0.2, 0) is 37.9 Å². The maximum absolute atomic E-state index is 13.4. The number of aromatic nitrogens is 4. The van der Waals surface area contributed by atoms with E-state index in [1.807, 2.05) is 19.0 Å². The number of amides is 1. The predicted molar refractivity (Wildman–Crippen MR) is 157 cm³/mol. The lowest BCUT2D eigenvalue weighted by Crippen LogP contribution is -2.25. The molecule has 0 aliphatic carbocycles. The number of hydrogen-bond acceptors (Lipinski definition) is 12. The Balaban J connectivity index is 1.35. The number of thiazole rings is 1. The minimum absolute atomic E-state index is 0.0351. The van der Waals surface area contributed by atoms with E-state index in [-0.39, 0.29) is 23.8 Å². The molecule has 0 spiro atoms. The highest BCUT2D eigenvalue weighted by Crippen LogP contribution is 2.27. The van der Waals surface area contributed by atoms with Crippen molar-refractivity contribution in [3.05, 3.63) is 59.9 Å². The van der Waals surface area contributed by atoms with E-state index in [0.29, 0.717) is 52.3 Å². The number of fused-ring (bicyclic) bond motifs is 1. The third-order valence-electron chi connectivity index (χ3n) is 6.37. The van der Waals surface area contributed by atoms with Crippen molar-refractivity contribution >= 4 is 48.3 Å². The van der Waals surface area contributed by atoms with E-state index >= 15 is 0 Å². The molecule has 1 atom stereocenters. The van der Waals surface area contributed by atoms with E-state index in [4.69, 9.17) is 14.3 Å². The number of carbonyl (C=O) groups excluding carboxylic acids is 1. The molecule has 0 unspecified atom stereocenters. The monoisotopic (exact) mass is 613 g/mol. The van der Waals surface area contributed by atoms with Crippen LogP contribution in [0.3, 0.4) is 0 Å². The Morgan fingerprint density at radius 1 is 1.19 bits per heavy atom. The number of aryl methyl sites for hydroxylation is 1. The predicted octanol–water partition coefficient (Wildman–Crippen LogP) is 2.49. The van der Waals surface area contributed by atoms with Gasteiger partial charge in [-0.2, -0.15) is 5.10 Å². The third-order valence-corrected chi connectivity index (χ3v) is 9.43. The molecule has 4 aromatic rings. The van der Waals surface area contributed by atoms with Crippen molar-refractivity contribution in [3.63, 3.8) is 0 Å². The van der Waals surface area contributed by atoms with Crippen LogP contribution >= 0.6 is 11.3 Å². The van der Waals surface area contributed by atoms with Crippen molar-refractivity contribution in [2.75, 3.05) is 45.8 Å². The number of pyridine rings is 1. The van der Waals surface area contributed by atoms with Crippen LogP contribution in [-0.4, -0.2) is 90.4 Å². The summed E-state index contributed by atoms with van der Waals surface area (Å²) in [5.41, 5.74) is 1.54. The zero-order valence-corrected chi connectivity index (χ0v) is 25.0. The normalized spacial score (nSPS) is 15.8. The minimum Gasteiger partial charge on any atom is -0.476 e. The maximum atomic E-state index is 13.4. The van der Waals surface area contributed by atoms with Gasteiger partial charge in [-0.25, -0.2) is 18.4 Å². The second-order valence-corrected chi connectivity index (χ2v) is 13.1. The SMILES string of the molecule is CN(C)CCOc1ccc2nc(NC(=O)/C(=N/OCc3ccn(C)n3)c3ccc(S(=O)(=O)[C@H]4CCOC4)cc3)sc2n1. The molecule has 1 fully saturated rings. The van der Waals surface area contributed by atoms with E-state index in [0.717, 1.165) is 6.54 Å². The van der Waals surface area contributed by atoms with Gasteiger partial charge in [0, 0.05) is 38.0 Å². The van der Waals surface area contributed by atoms with Gasteiger partial charge in [-0.15, -0.1) is 0 Å². The molecule has 1 aliphatic rings. The molecular formula is C27H31N7O6S2. The van der Waals surface area contributed by atoms with Crippen molar-refractivity contribution in [2.45, 2.75) is 23.2 Å². The van der Waals surface area contributed by atoms with Crippen LogP contribution in [0.5, 0.6) is 5.88 Å². The van der Waals surface area contributed by atoms with E-state index in [9.17, 15) is 13.2 Å². The highest BCUT2D eigenvalue weighted by atomic mass is 32.2. The van der Waals surface area contributed by atoms with E-state index in [2.05, 4.69) is 25.5 Å². The van der Waals surface area contributed by atoms with Crippen molar-refractivity contribution in [3.8, 4) is 5.88 Å². The van der Waals surface area contributed by atoms with Crippen LogP contribution in [0.2, 0.25) is 0 Å². The van der Waals surface area contributed by atoms with E-state index in [1.54, 1.807) is 36.1 Å². The lowest BCUT2D eigenvalue weighted by atomic mass is 10.1. The number of likely N-dealkylation sites (N-methyl/N-ethyl adjacent to an activating group) is 1. The molecule has 1 amide bonds. The Bertz CT molecular complexity index is 1680. The van der Waals surface area contributed by atoms with Gasteiger partial charge in [0.15, 0.2) is 27.3 Å². The number of carbonyl (C=O) groups is 1. The summed E-state index contributed by atoms with van der Waals surface area (Å²) in [6.45, 7) is 1.85. The molecule has 1 aliphatic heterocycles. The summed E-state index contributed by atoms with van der Waals surface area (Å²) < 4.78 is 38.5. The van der Waals surface area contributed by atoms with Crippen molar-refractivity contribution in [1.29, 1.82) is 0 Å². The summed E-state index contributed by atoms with van der Waals surface area (Å²) in [5, 5.41) is 10.8. The Morgan fingerprint density at radius 3 is 2.69 bits per heavy atom. The largest absolute Gasteiger partial charge is 0.476 e. The smallest absolute Gasteiger partial charge is 0.280 e. The van der Waals surface area contributed by atoms with Crippen LogP contribution in [0.1, 0.15) is 17.7 Å². The highest BCUT2D eigenvalue weighted by molar-refractivity contribution is 7.92. The zero-order valence-electron chi connectivity index (χ0n) is 23.4. The third kappa shape index (κ3) is 7.10. The minimum atomic E-state index is -3.56. The Morgan fingerprint density at radius 2 is 2.00 bits per heavy atom. The summed E-state index contributed by atoms with van der Waals surface area (Å²) in [7, 11) is 2.14. The van der Waals surface area contributed by atoms with Gasteiger partial charge in [0.1, 0.15) is 22.6 Å². The number of hydrogen-bond donors (Lipinski definition) is 1. The number of rotatable bonds is 12. The first-order chi connectivity index (χ1) is 20.2. The van der Waals surface area contributed by atoms with Gasteiger partial charge in [-0.1, -0.05) is 28.6 Å². The molecule has 1 saturated heterocycles. The maximum Gasteiger partial charge on any atom is 0.280 e. The fraction of sp³-hybridized carbons (Fsp3) is 0.370. The second-order valence-electron chi connectivity index (χ2n) is 9.85. The van der Waals surface area contributed by atoms with Gasteiger partial charge in [0.2, 0.25) is 5.88 Å². The van der Waals surface area contributed by atoms with Crippen LogP contribution in [0, 0.1) is 0 Å². The lowest BCUT2D eigenvalue weighted by Gasteiger charge is -2.11. The van der Waals surface area contributed by atoms with Gasteiger partial charge < -0.3 is 19.2 Å². The molecule has 5 rings (SSSR count). The average molecular weight is 614 g/mol. The molecule has 3 aromatic heterocycles. The zero-order chi connectivity index (χ0) is 29.7. The van der Waals surface area contributed by atoms with Crippen LogP contribution in [0.15, 0.2) is 58.7 Å². The molecule has 13 nitrogen and oxygen atoms in total. The standard InChI is InChI=1S/C27H31N7O6S2/c1-33(2)13-15-39-23-9-8-22-26(29-23)41-27(28-22)30-25(35)24(32-40-16-19-10-12-34(3)31-19)18-4-6-20(7-5-18)42(36,37)21-11-14-38-17-21/h4-10,12,21H,11,13-17H2,1-3H3,(H,28,30,35)/b32-24+/t21-/m0/s1. The molecule has 0 bridgehead atoms. The van der Waals surface area contributed by atoms with Crippen LogP contribution in [0.25, 0.3) is 10.3 Å². The quantitative estimate of drug-likeness (QED) is 0.186. The number of ether oxygens (including phenoxy) is 2. The van der Waals surface area contributed by atoms with Gasteiger partial charge in [0.25, 0.3) is 5.91 Å². The molecule has 222 valence electrons. The number of sulfone groups is 1. The average Bonchev–Trinajstić information content (AvgIpc) is 3.72. The van der Waals surface area contributed by atoms with Gasteiger partial charge >= 0.3 is 0 Å². The molecule has 1 N–H and O–H groups in total. The Labute approximate surface area is 247 Å². The fourth-order valence-electron chi connectivity index (χ4n) is 4.10. The van der Waals surface area contributed by atoms with E-state index in [1.165, 1.54) is 35.6 Å². The molecule has 4 heterocycles. The second kappa shape index (κ2) is 12.9. The Hall–Kier alpha value is -3.92. The van der Waals surface area contributed by atoms with Gasteiger partial charge in [-0.3, -0.25) is 14.8 Å². The van der Waals surface area contributed by atoms with E-state index < -0.39 is 21.0 Å². The number of oxime groups is 1. The Kier molecular flexibility index (Phi) is 9.11. The summed E-state index contributed by atoms with van der Waals surface area (Å²) in [6, 6.07) is 11.3. The van der Waals surface area contributed by atoms with Crippen molar-refractivity contribution < 1.29 is 27.5 Å². The molecule has 1 aromatic carbocycles. The molecule has 42 heavy (non-hydrogen) atoms. The highest BCUT2D eigenvalue weighted by Gasteiger charge is 2.31. The lowest BCUT2D eigenvalue weighted by molar-refractivity contribution is -0.110. The first-order valence-electron chi connectivity index (χ1n) is 13.2. The summed E-state index contributed by atoms with van der Waals surface area (Å²) in [5.74, 6) is -0.118. The first-order valence-corrected chi connectivity index (χ1v) is 15.5. The molecular weight excluding hydrogens is 582 g/mol. The van der Waals surface area contributed by atoms with Crippen LogP contribution < -0.4 is 10.1 Å². The van der Waals surface area contributed by atoms with Crippen LogP contribution in [0.4, 0.5) is 5.13 Å². The topological polar surface area (TPSA) is 150 Å². The molecule has 0 saturated carbocycles. The molecule has 15 heteroatoms. The van der Waals surface area contributed by atoms with Crippen molar-refractivity contribution in [2.24, 2.45) is 12.2 Å². The van der Waals surface area contributed by atoms with Crippen molar-refractivity contribution in [1.82, 2.24) is 24.6 Å². The number of anilines is 1. The molecule has 0 radical (unpaired) electrons. The summed E-state index contributed by atoms with van der Waals surface area (Å²) in [6.07, 6.45) is 2.21. The van der Waals surface area contributed by atoms with Gasteiger partial charge in [0.05, 0.1) is 16.8 Å². The first kappa shape index (κ1) is 29.6. The summed E-state index contributed by atoms with van der Waals surface area (Å²) >= 11 is 1.19.